The zero-order valence-corrected chi connectivity index (χ0v) is 8.81. The molecule has 0 atom stereocenters. The van der Waals surface area contributed by atoms with Crippen LogP contribution in [-0.4, -0.2) is 4.98 Å². The smallest absolute Gasteiger partial charge is 0.0969 e. The molecule has 1 fully saturated rings. The lowest BCUT2D eigenvalue weighted by atomic mass is 10.1. The molecule has 71 valence electrons. The zero-order chi connectivity index (χ0) is 9.38. The molecule has 1 aliphatic rings. The molecule has 3 rings (SSSR count). The van der Waals surface area contributed by atoms with Crippen LogP contribution in [0, 0.1) is 6.07 Å². The Morgan fingerprint density at radius 2 is 2.21 bits per heavy atom. The Kier molecular flexibility index (Phi) is 2.02. The molecule has 2 heteroatoms. The minimum Gasteiger partial charge on any atom is -0.241 e. The van der Waals surface area contributed by atoms with E-state index in [1.165, 1.54) is 35.4 Å². The maximum Gasteiger partial charge on any atom is 0.0969 e. The number of nitrogens with zero attached hydrogens (tertiary/aromatic N) is 1. The van der Waals surface area contributed by atoms with Crippen molar-refractivity contribution < 1.29 is 0 Å². The van der Waals surface area contributed by atoms with Gasteiger partial charge in [0.2, 0.25) is 0 Å². The summed E-state index contributed by atoms with van der Waals surface area (Å²) in [7, 11) is 0. The Bertz CT molecular complexity index is 407. The number of thiazole rings is 1. The van der Waals surface area contributed by atoms with Crippen LogP contribution in [0.15, 0.2) is 18.2 Å². The van der Waals surface area contributed by atoms with Crippen LogP contribution in [0.1, 0.15) is 36.6 Å². The van der Waals surface area contributed by atoms with Crippen molar-refractivity contribution >= 4 is 21.6 Å². The van der Waals surface area contributed by atoms with E-state index >= 15 is 0 Å². The van der Waals surface area contributed by atoms with E-state index < -0.39 is 0 Å². The summed E-state index contributed by atoms with van der Waals surface area (Å²) in [6, 6.07) is 9.16. The van der Waals surface area contributed by atoms with Crippen molar-refractivity contribution in [2.75, 3.05) is 0 Å². The summed E-state index contributed by atoms with van der Waals surface area (Å²) in [5, 5.41) is 1.34. The average Bonchev–Trinajstić information content (AvgIpc) is 2.86. The van der Waals surface area contributed by atoms with E-state index in [0.29, 0.717) is 0 Å². The molecule has 0 saturated heterocycles. The summed E-state index contributed by atoms with van der Waals surface area (Å²) in [5.74, 6) is 0.743. The summed E-state index contributed by atoms with van der Waals surface area (Å²) in [6.45, 7) is 0. The Hall–Kier alpha value is -0.890. The highest BCUT2D eigenvalue weighted by atomic mass is 32.1. The van der Waals surface area contributed by atoms with Crippen LogP contribution >= 0.6 is 11.3 Å². The summed E-state index contributed by atoms with van der Waals surface area (Å²) in [5.41, 5.74) is 1.15. The maximum atomic E-state index is 4.69. The fourth-order valence-electron chi connectivity index (χ4n) is 2.18. The molecular weight excluding hydrogens is 190 g/mol. The third-order valence-electron chi connectivity index (χ3n) is 2.95. The van der Waals surface area contributed by atoms with Gasteiger partial charge in [0.15, 0.2) is 0 Å². The number of hydrogen-bond acceptors (Lipinski definition) is 2. The van der Waals surface area contributed by atoms with Crippen LogP contribution in [0.2, 0.25) is 0 Å². The van der Waals surface area contributed by atoms with E-state index in [4.69, 9.17) is 4.98 Å². The van der Waals surface area contributed by atoms with Crippen molar-refractivity contribution in [3.63, 3.8) is 0 Å². The quantitative estimate of drug-likeness (QED) is 0.686. The molecule has 0 spiro atoms. The molecule has 1 aromatic heterocycles. The van der Waals surface area contributed by atoms with Crippen molar-refractivity contribution in [1.29, 1.82) is 0 Å². The summed E-state index contributed by atoms with van der Waals surface area (Å²) < 4.78 is 1.29. The van der Waals surface area contributed by atoms with Crippen LogP contribution in [-0.2, 0) is 0 Å². The monoisotopic (exact) mass is 202 g/mol. The van der Waals surface area contributed by atoms with Crippen molar-refractivity contribution in [3.05, 3.63) is 29.3 Å². The highest BCUT2D eigenvalue weighted by molar-refractivity contribution is 7.18. The highest BCUT2D eigenvalue weighted by Crippen LogP contribution is 2.37. The normalized spacial score (nSPS) is 18.0. The Morgan fingerprint density at radius 1 is 1.36 bits per heavy atom. The van der Waals surface area contributed by atoms with Crippen molar-refractivity contribution in [1.82, 2.24) is 4.98 Å². The Labute approximate surface area is 87.8 Å². The third kappa shape index (κ3) is 1.34. The molecule has 0 N–H and O–H groups in total. The van der Waals surface area contributed by atoms with Gasteiger partial charge in [-0.1, -0.05) is 18.9 Å². The molecule has 0 amide bonds. The molecule has 1 radical (unpaired) electrons. The molecular formula is C12H12NS. The van der Waals surface area contributed by atoms with Crippen molar-refractivity contribution in [2.45, 2.75) is 31.6 Å². The molecule has 1 saturated carbocycles. The van der Waals surface area contributed by atoms with Gasteiger partial charge in [0, 0.05) is 5.92 Å². The van der Waals surface area contributed by atoms with Gasteiger partial charge in [-0.2, -0.15) is 0 Å². The minimum absolute atomic E-state index is 0.743. The van der Waals surface area contributed by atoms with Gasteiger partial charge in [-0.25, -0.2) is 4.98 Å². The predicted molar refractivity (Wildman–Crippen MR) is 59.7 cm³/mol. The summed E-state index contributed by atoms with van der Waals surface area (Å²) in [6.07, 6.45) is 5.44. The number of rotatable bonds is 1. The van der Waals surface area contributed by atoms with Gasteiger partial charge in [-0.3, -0.25) is 0 Å². The molecule has 2 aromatic rings. The van der Waals surface area contributed by atoms with Gasteiger partial charge in [0.05, 0.1) is 15.2 Å². The van der Waals surface area contributed by atoms with E-state index in [1.807, 2.05) is 23.5 Å². The van der Waals surface area contributed by atoms with E-state index in [0.717, 1.165) is 11.4 Å². The van der Waals surface area contributed by atoms with Gasteiger partial charge in [0.25, 0.3) is 0 Å². The van der Waals surface area contributed by atoms with Gasteiger partial charge in [-0.05, 0) is 31.0 Å². The second-order valence-electron chi connectivity index (χ2n) is 3.93. The first kappa shape index (κ1) is 8.42. The van der Waals surface area contributed by atoms with Crippen LogP contribution in [0.4, 0.5) is 0 Å². The number of benzene rings is 1. The maximum absolute atomic E-state index is 4.69. The molecule has 1 heterocycles. The first-order chi connectivity index (χ1) is 6.93. The fourth-order valence-corrected chi connectivity index (χ4v) is 3.30. The van der Waals surface area contributed by atoms with Gasteiger partial charge >= 0.3 is 0 Å². The van der Waals surface area contributed by atoms with Gasteiger partial charge in [-0.15, -0.1) is 11.3 Å². The average molecular weight is 202 g/mol. The fraction of sp³-hybridized carbons (Fsp3) is 0.417. The molecule has 14 heavy (non-hydrogen) atoms. The number of aromatic nitrogens is 1. The van der Waals surface area contributed by atoms with Crippen molar-refractivity contribution in [2.24, 2.45) is 0 Å². The zero-order valence-electron chi connectivity index (χ0n) is 7.99. The largest absolute Gasteiger partial charge is 0.241 e. The van der Waals surface area contributed by atoms with Gasteiger partial charge < -0.3 is 0 Å². The lowest BCUT2D eigenvalue weighted by Crippen LogP contribution is -1.89. The molecule has 1 aromatic carbocycles. The first-order valence-corrected chi connectivity index (χ1v) is 6.02. The lowest BCUT2D eigenvalue weighted by Gasteiger charge is -2.01. The SMILES string of the molecule is [c]1ccc2nc(C3CCCC3)sc2c1. The van der Waals surface area contributed by atoms with E-state index in [2.05, 4.69) is 12.1 Å². The van der Waals surface area contributed by atoms with Gasteiger partial charge in [0.1, 0.15) is 0 Å². The van der Waals surface area contributed by atoms with E-state index in [9.17, 15) is 0 Å². The standard InChI is InChI=1S/C12H12NS/c1-2-6-9(5-1)12-13-10-7-3-4-8-11(10)14-12/h3,7-9H,1-2,5-6H2. The van der Waals surface area contributed by atoms with Crippen LogP contribution in [0.5, 0.6) is 0 Å². The third-order valence-corrected chi connectivity index (χ3v) is 4.13. The summed E-state index contributed by atoms with van der Waals surface area (Å²) >= 11 is 1.85. The highest BCUT2D eigenvalue weighted by Gasteiger charge is 2.20. The first-order valence-electron chi connectivity index (χ1n) is 5.20. The second-order valence-corrected chi connectivity index (χ2v) is 4.99. The van der Waals surface area contributed by atoms with E-state index in [-0.39, 0.29) is 0 Å². The molecule has 0 unspecified atom stereocenters. The minimum atomic E-state index is 0.743. The van der Waals surface area contributed by atoms with Crippen LogP contribution in [0.25, 0.3) is 10.2 Å². The molecule has 1 aliphatic carbocycles. The van der Waals surface area contributed by atoms with E-state index in [1.54, 1.807) is 0 Å². The number of fused-ring (bicyclic) bond motifs is 1. The predicted octanol–water partition coefficient (Wildman–Crippen LogP) is 3.75. The van der Waals surface area contributed by atoms with Crippen LogP contribution in [0.3, 0.4) is 0 Å². The number of hydrogen-bond donors (Lipinski definition) is 0. The topological polar surface area (TPSA) is 12.9 Å². The second kappa shape index (κ2) is 3.35. The molecule has 0 aliphatic heterocycles. The lowest BCUT2D eigenvalue weighted by molar-refractivity contribution is 0.718. The molecule has 1 nitrogen and oxygen atoms in total. The van der Waals surface area contributed by atoms with Crippen molar-refractivity contribution in [3.8, 4) is 0 Å². The Morgan fingerprint density at radius 3 is 3.00 bits per heavy atom. The molecule has 0 bridgehead atoms. The van der Waals surface area contributed by atoms with Crippen LogP contribution < -0.4 is 0 Å². The summed E-state index contributed by atoms with van der Waals surface area (Å²) in [4.78, 5) is 4.69. The Balaban J connectivity index is 2.05.